The van der Waals surface area contributed by atoms with Crippen LogP contribution in [0.25, 0.3) is 22.4 Å². The lowest BCUT2D eigenvalue weighted by molar-refractivity contribution is 0.598. The number of sulfonamides is 1. The van der Waals surface area contributed by atoms with Crippen LogP contribution in [-0.4, -0.2) is 18.2 Å². The Morgan fingerprint density at radius 3 is 2.03 bits per heavy atom. The van der Waals surface area contributed by atoms with Gasteiger partial charge in [-0.15, -0.1) is 0 Å². The van der Waals surface area contributed by atoms with Crippen LogP contribution in [0.2, 0.25) is 0 Å². The van der Waals surface area contributed by atoms with Gasteiger partial charge in [0.25, 0.3) is 0 Å². The molecule has 0 fully saturated rings. The maximum absolute atomic E-state index is 11.6. The summed E-state index contributed by atoms with van der Waals surface area (Å²) in [7, 11) is -3.74. The topological polar surface area (TPSA) is 78.0 Å². The lowest BCUT2D eigenvalue weighted by atomic mass is 9.98. The molecule has 0 bridgehead atoms. The zero-order valence-corrected chi connectivity index (χ0v) is 17.7. The van der Waals surface area contributed by atoms with E-state index < -0.39 is 10.0 Å². The fourth-order valence-corrected chi connectivity index (χ4v) is 4.04. The minimum atomic E-state index is -3.74. The average Bonchev–Trinajstić information content (AvgIpc) is 3.05. The van der Waals surface area contributed by atoms with Gasteiger partial charge in [0, 0.05) is 16.8 Å². The van der Waals surface area contributed by atoms with Gasteiger partial charge in [-0.05, 0) is 37.1 Å². The average molecular weight is 418 g/mol. The normalized spacial score (nSPS) is 11.6. The lowest BCUT2D eigenvalue weighted by Crippen LogP contribution is -2.11. The third-order valence-corrected chi connectivity index (χ3v) is 6.11. The Balaban J connectivity index is 1.85. The molecule has 4 rings (SSSR count). The van der Waals surface area contributed by atoms with Gasteiger partial charge in [-0.1, -0.05) is 72.3 Å². The molecule has 0 aliphatic carbocycles. The van der Waals surface area contributed by atoms with Crippen molar-refractivity contribution >= 4 is 10.0 Å². The van der Waals surface area contributed by atoms with Crippen LogP contribution in [0.15, 0.2) is 83.8 Å². The molecule has 3 aromatic carbocycles. The third-order valence-electron chi connectivity index (χ3n) is 5.18. The van der Waals surface area contributed by atoms with Gasteiger partial charge in [0.05, 0.1) is 11.4 Å². The summed E-state index contributed by atoms with van der Waals surface area (Å²) in [6, 6.07) is 25.1. The van der Waals surface area contributed by atoms with Crippen LogP contribution in [-0.2, 0) is 16.6 Å². The van der Waals surface area contributed by atoms with E-state index >= 15 is 0 Å². The fraction of sp³-hybridized carbons (Fsp3) is 0.125. The van der Waals surface area contributed by atoms with Crippen LogP contribution in [0.4, 0.5) is 0 Å². The molecule has 152 valence electrons. The number of aromatic nitrogens is 2. The number of primary sulfonamides is 1. The van der Waals surface area contributed by atoms with Gasteiger partial charge < -0.3 is 0 Å². The molecular formula is C24H23N3O2S. The molecule has 0 saturated carbocycles. The Labute approximate surface area is 176 Å². The van der Waals surface area contributed by atoms with Gasteiger partial charge in [-0.2, -0.15) is 5.10 Å². The van der Waals surface area contributed by atoms with Gasteiger partial charge >= 0.3 is 0 Å². The fourth-order valence-electron chi connectivity index (χ4n) is 3.53. The maximum Gasteiger partial charge on any atom is 0.238 e. The first-order valence-electron chi connectivity index (χ1n) is 9.64. The molecule has 0 amide bonds. The molecule has 30 heavy (non-hydrogen) atoms. The number of benzene rings is 3. The van der Waals surface area contributed by atoms with Crippen molar-refractivity contribution < 1.29 is 8.42 Å². The van der Waals surface area contributed by atoms with Crippen molar-refractivity contribution in [1.29, 1.82) is 0 Å². The van der Waals surface area contributed by atoms with Crippen molar-refractivity contribution in [3.8, 4) is 22.4 Å². The summed E-state index contributed by atoms with van der Waals surface area (Å²) in [6.07, 6.45) is 0. The van der Waals surface area contributed by atoms with Gasteiger partial charge in [-0.3, -0.25) is 4.68 Å². The third kappa shape index (κ3) is 4.06. The van der Waals surface area contributed by atoms with Crippen LogP contribution >= 0.6 is 0 Å². The second kappa shape index (κ2) is 7.89. The van der Waals surface area contributed by atoms with E-state index in [0.29, 0.717) is 6.54 Å². The number of aryl methyl sites for hydroxylation is 1. The minimum absolute atomic E-state index is 0.0866. The SMILES string of the molecule is Cc1ccc(-c2c(-c3ccc(S(N)(=O)=O)cc3)nn(Cc3ccccc3)c2C)cc1. The van der Waals surface area contributed by atoms with Crippen molar-refractivity contribution in [2.24, 2.45) is 5.14 Å². The molecule has 2 N–H and O–H groups in total. The Morgan fingerprint density at radius 1 is 0.833 bits per heavy atom. The first-order chi connectivity index (χ1) is 14.3. The smallest absolute Gasteiger partial charge is 0.238 e. The summed E-state index contributed by atoms with van der Waals surface area (Å²) in [5.41, 5.74) is 7.16. The van der Waals surface area contributed by atoms with E-state index in [4.69, 9.17) is 10.2 Å². The number of nitrogens with two attached hydrogens (primary N) is 1. The number of hydrogen-bond acceptors (Lipinski definition) is 3. The molecule has 0 spiro atoms. The molecule has 0 aliphatic rings. The Hall–Kier alpha value is -3.22. The first-order valence-corrected chi connectivity index (χ1v) is 11.2. The van der Waals surface area contributed by atoms with E-state index in [-0.39, 0.29) is 4.90 Å². The van der Waals surface area contributed by atoms with Crippen molar-refractivity contribution in [2.45, 2.75) is 25.3 Å². The zero-order chi connectivity index (χ0) is 21.3. The van der Waals surface area contributed by atoms with Gasteiger partial charge in [0.15, 0.2) is 0 Å². The van der Waals surface area contributed by atoms with Crippen LogP contribution < -0.4 is 5.14 Å². The molecule has 0 aliphatic heterocycles. The highest BCUT2D eigenvalue weighted by Crippen LogP contribution is 2.35. The van der Waals surface area contributed by atoms with E-state index in [0.717, 1.165) is 33.6 Å². The molecule has 5 nitrogen and oxygen atoms in total. The summed E-state index contributed by atoms with van der Waals surface area (Å²) in [5.74, 6) is 0. The summed E-state index contributed by atoms with van der Waals surface area (Å²) in [4.78, 5) is 0.0866. The highest BCUT2D eigenvalue weighted by Gasteiger charge is 2.19. The molecule has 1 heterocycles. The number of hydrogen-bond donors (Lipinski definition) is 1. The number of rotatable bonds is 5. The van der Waals surface area contributed by atoms with E-state index in [1.807, 2.05) is 22.9 Å². The number of nitrogens with zero attached hydrogens (tertiary/aromatic N) is 2. The molecule has 6 heteroatoms. The predicted molar refractivity (Wildman–Crippen MR) is 119 cm³/mol. The second-order valence-corrected chi connectivity index (χ2v) is 8.95. The monoisotopic (exact) mass is 417 g/mol. The quantitative estimate of drug-likeness (QED) is 0.518. The molecular weight excluding hydrogens is 394 g/mol. The van der Waals surface area contributed by atoms with E-state index in [1.54, 1.807) is 12.1 Å². The summed E-state index contributed by atoms with van der Waals surface area (Å²) in [6.45, 7) is 4.77. The van der Waals surface area contributed by atoms with Crippen molar-refractivity contribution in [3.05, 3.63) is 95.7 Å². The van der Waals surface area contributed by atoms with Crippen LogP contribution in [0.5, 0.6) is 0 Å². The molecule has 1 aromatic heterocycles. The summed E-state index contributed by atoms with van der Waals surface area (Å²) in [5, 5.41) is 10.1. The molecule has 4 aromatic rings. The summed E-state index contributed by atoms with van der Waals surface area (Å²) < 4.78 is 25.2. The summed E-state index contributed by atoms with van der Waals surface area (Å²) >= 11 is 0. The predicted octanol–water partition coefficient (Wildman–Crippen LogP) is 4.53. The molecule has 0 unspecified atom stereocenters. The molecule has 0 atom stereocenters. The largest absolute Gasteiger partial charge is 0.264 e. The van der Waals surface area contributed by atoms with Crippen molar-refractivity contribution in [3.63, 3.8) is 0 Å². The Morgan fingerprint density at radius 2 is 1.43 bits per heavy atom. The Kier molecular flexibility index (Phi) is 5.28. The first kappa shape index (κ1) is 20.1. The van der Waals surface area contributed by atoms with Crippen molar-refractivity contribution in [2.75, 3.05) is 0 Å². The zero-order valence-electron chi connectivity index (χ0n) is 16.9. The van der Waals surface area contributed by atoms with Crippen molar-refractivity contribution in [1.82, 2.24) is 9.78 Å². The van der Waals surface area contributed by atoms with E-state index in [2.05, 4.69) is 50.2 Å². The van der Waals surface area contributed by atoms with Crippen LogP contribution in [0.3, 0.4) is 0 Å². The van der Waals surface area contributed by atoms with Gasteiger partial charge in [0.1, 0.15) is 5.69 Å². The maximum atomic E-state index is 11.6. The van der Waals surface area contributed by atoms with E-state index in [1.165, 1.54) is 17.7 Å². The van der Waals surface area contributed by atoms with Crippen LogP contribution in [0, 0.1) is 13.8 Å². The van der Waals surface area contributed by atoms with Gasteiger partial charge in [0.2, 0.25) is 10.0 Å². The van der Waals surface area contributed by atoms with Gasteiger partial charge in [-0.25, -0.2) is 13.6 Å². The highest BCUT2D eigenvalue weighted by atomic mass is 32.2. The minimum Gasteiger partial charge on any atom is -0.264 e. The second-order valence-electron chi connectivity index (χ2n) is 7.39. The molecule has 0 saturated heterocycles. The lowest BCUT2D eigenvalue weighted by Gasteiger charge is -2.07. The Bertz CT molecular complexity index is 1280. The van der Waals surface area contributed by atoms with E-state index in [9.17, 15) is 8.42 Å². The van der Waals surface area contributed by atoms with Crippen LogP contribution in [0.1, 0.15) is 16.8 Å². The highest BCUT2D eigenvalue weighted by molar-refractivity contribution is 7.89. The molecule has 0 radical (unpaired) electrons. The standard InChI is InChI=1S/C24H23N3O2S/c1-17-8-10-20(11-9-17)23-18(2)27(16-19-6-4-3-5-7-19)26-24(23)21-12-14-22(15-13-21)30(25,28)29/h3-15H,16H2,1-2H3,(H2,25,28,29).